The highest BCUT2D eigenvalue weighted by atomic mass is 16.2. The van der Waals surface area contributed by atoms with Crippen molar-refractivity contribution >= 4 is 17.5 Å². The molecule has 0 heterocycles. The van der Waals surface area contributed by atoms with Crippen LogP contribution in [-0.2, 0) is 9.59 Å². The molecule has 4 nitrogen and oxygen atoms in total. The maximum absolute atomic E-state index is 13.4. The van der Waals surface area contributed by atoms with Crippen molar-refractivity contribution < 1.29 is 9.59 Å². The predicted octanol–water partition coefficient (Wildman–Crippen LogP) is 4.19. The van der Waals surface area contributed by atoms with E-state index in [1.165, 1.54) is 19.3 Å². The summed E-state index contributed by atoms with van der Waals surface area (Å²) in [6.07, 6.45) is 10.4. The number of hydrogen-bond acceptors (Lipinski definition) is 2. The highest BCUT2D eigenvalue weighted by molar-refractivity contribution is 6.02. The Bertz CT molecular complexity index is 587. The van der Waals surface area contributed by atoms with Crippen molar-refractivity contribution in [3.8, 4) is 0 Å². The standard InChI is InChI=1S/C21H30N2O2/c1-17(24)23(19-13-7-3-8-14-19)21(15-9-4-10-16-21)20(25)22-18-11-5-2-6-12-18/h3,7-8,13-14,18H,2,4-6,9-12,15-16H2,1H3,(H,22,25). The third kappa shape index (κ3) is 3.88. The fourth-order valence-corrected chi connectivity index (χ4v) is 4.56. The number of nitrogens with one attached hydrogen (secondary N) is 1. The quantitative estimate of drug-likeness (QED) is 0.892. The molecule has 2 amide bonds. The van der Waals surface area contributed by atoms with Crippen LogP contribution in [0.15, 0.2) is 30.3 Å². The minimum atomic E-state index is -0.733. The summed E-state index contributed by atoms with van der Waals surface area (Å²) in [5, 5.41) is 3.30. The fraction of sp³-hybridized carbons (Fsp3) is 0.619. The smallest absolute Gasteiger partial charge is 0.246 e. The van der Waals surface area contributed by atoms with Crippen molar-refractivity contribution in [1.82, 2.24) is 5.32 Å². The molecule has 0 saturated heterocycles. The number of para-hydroxylation sites is 1. The summed E-state index contributed by atoms with van der Waals surface area (Å²) < 4.78 is 0. The number of carbonyl (C=O) groups is 2. The van der Waals surface area contributed by atoms with E-state index in [9.17, 15) is 9.59 Å². The first-order chi connectivity index (χ1) is 12.1. The molecule has 0 unspecified atom stereocenters. The first-order valence-electron chi connectivity index (χ1n) is 9.80. The van der Waals surface area contributed by atoms with Crippen LogP contribution in [0.5, 0.6) is 0 Å². The van der Waals surface area contributed by atoms with Gasteiger partial charge >= 0.3 is 0 Å². The molecule has 25 heavy (non-hydrogen) atoms. The zero-order valence-corrected chi connectivity index (χ0v) is 15.3. The van der Waals surface area contributed by atoms with E-state index in [4.69, 9.17) is 0 Å². The molecule has 0 aromatic heterocycles. The monoisotopic (exact) mass is 342 g/mol. The van der Waals surface area contributed by atoms with E-state index in [-0.39, 0.29) is 17.9 Å². The summed E-state index contributed by atoms with van der Waals surface area (Å²) in [5.74, 6) is 0.00467. The molecule has 1 N–H and O–H groups in total. The second-order valence-corrected chi connectivity index (χ2v) is 7.59. The molecule has 1 aromatic carbocycles. The summed E-state index contributed by atoms with van der Waals surface area (Å²) >= 11 is 0. The molecule has 136 valence electrons. The Morgan fingerprint density at radius 1 is 0.960 bits per heavy atom. The van der Waals surface area contributed by atoms with Crippen molar-refractivity contribution in [3.63, 3.8) is 0 Å². The van der Waals surface area contributed by atoms with Gasteiger partial charge in [0.15, 0.2) is 0 Å². The molecule has 2 fully saturated rings. The van der Waals surface area contributed by atoms with Gasteiger partial charge in [0.2, 0.25) is 11.8 Å². The van der Waals surface area contributed by atoms with Crippen molar-refractivity contribution in [1.29, 1.82) is 0 Å². The summed E-state index contributed by atoms with van der Waals surface area (Å²) in [7, 11) is 0. The van der Waals surface area contributed by atoms with Crippen LogP contribution in [-0.4, -0.2) is 23.4 Å². The van der Waals surface area contributed by atoms with Crippen molar-refractivity contribution in [2.45, 2.75) is 82.7 Å². The number of benzene rings is 1. The van der Waals surface area contributed by atoms with Gasteiger partial charge in [0.1, 0.15) is 5.54 Å². The summed E-state index contributed by atoms with van der Waals surface area (Å²) in [4.78, 5) is 27.8. The Balaban J connectivity index is 1.90. The van der Waals surface area contributed by atoms with E-state index in [2.05, 4.69) is 5.32 Å². The first-order valence-corrected chi connectivity index (χ1v) is 9.80. The lowest BCUT2D eigenvalue weighted by Gasteiger charge is -2.45. The average Bonchev–Trinajstić information content (AvgIpc) is 2.64. The third-order valence-corrected chi connectivity index (χ3v) is 5.80. The molecule has 0 bridgehead atoms. The predicted molar refractivity (Wildman–Crippen MR) is 100 cm³/mol. The van der Waals surface area contributed by atoms with Gasteiger partial charge < -0.3 is 5.32 Å². The zero-order chi connectivity index (χ0) is 17.7. The molecule has 0 radical (unpaired) electrons. The normalized spacial score (nSPS) is 20.7. The van der Waals surface area contributed by atoms with E-state index in [0.29, 0.717) is 0 Å². The van der Waals surface area contributed by atoms with Gasteiger partial charge in [-0.3, -0.25) is 14.5 Å². The van der Waals surface area contributed by atoms with Gasteiger partial charge in [-0.25, -0.2) is 0 Å². The molecular formula is C21H30N2O2. The highest BCUT2D eigenvalue weighted by Crippen LogP contribution is 2.38. The average molecular weight is 342 g/mol. The summed E-state index contributed by atoms with van der Waals surface area (Å²) in [6.45, 7) is 1.58. The molecule has 2 aliphatic rings. The van der Waals surface area contributed by atoms with Gasteiger partial charge in [-0.05, 0) is 37.8 Å². The molecule has 1 aromatic rings. The molecule has 0 atom stereocenters. The molecule has 4 heteroatoms. The molecule has 3 rings (SSSR count). The minimum Gasteiger partial charge on any atom is -0.351 e. The van der Waals surface area contributed by atoms with Gasteiger partial charge in [0.05, 0.1) is 0 Å². The Kier molecular flexibility index (Phi) is 5.77. The van der Waals surface area contributed by atoms with E-state index in [0.717, 1.165) is 50.6 Å². The van der Waals surface area contributed by atoms with Gasteiger partial charge in [-0.1, -0.05) is 56.7 Å². The largest absolute Gasteiger partial charge is 0.351 e. The van der Waals surface area contributed by atoms with E-state index >= 15 is 0 Å². The first kappa shape index (κ1) is 18.0. The Morgan fingerprint density at radius 2 is 1.56 bits per heavy atom. The zero-order valence-electron chi connectivity index (χ0n) is 15.3. The molecule has 2 saturated carbocycles. The maximum atomic E-state index is 13.4. The van der Waals surface area contributed by atoms with Crippen LogP contribution >= 0.6 is 0 Å². The van der Waals surface area contributed by atoms with Crippen LogP contribution < -0.4 is 10.2 Å². The van der Waals surface area contributed by atoms with Crippen molar-refractivity contribution in [3.05, 3.63) is 30.3 Å². The second-order valence-electron chi connectivity index (χ2n) is 7.59. The lowest BCUT2D eigenvalue weighted by atomic mass is 9.78. The number of anilines is 1. The number of nitrogens with zero attached hydrogens (tertiary/aromatic N) is 1. The van der Waals surface area contributed by atoms with Gasteiger partial charge in [0, 0.05) is 18.7 Å². The van der Waals surface area contributed by atoms with E-state index in [1.54, 1.807) is 11.8 Å². The third-order valence-electron chi connectivity index (χ3n) is 5.80. The Hall–Kier alpha value is -1.84. The lowest BCUT2D eigenvalue weighted by Crippen LogP contribution is -2.63. The number of carbonyl (C=O) groups excluding carboxylic acids is 2. The number of amides is 2. The number of rotatable bonds is 4. The Labute approximate surface area is 151 Å². The SMILES string of the molecule is CC(=O)N(c1ccccc1)C1(C(=O)NC2CCCCC2)CCCCC1. The van der Waals surface area contributed by atoms with Gasteiger partial charge in [-0.2, -0.15) is 0 Å². The van der Waals surface area contributed by atoms with Crippen LogP contribution in [0.3, 0.4) is 0 Å². The van der Waals surface area contributed by atoms with Crippen LogP contribution in [0, 0.1) is 0 Å². The van der Waals surface area contributed by atoms with E-state index < -0.39 is 5.54 Å². The van der Waals surface area contributed by atoms with Crippen molar-refractivity contribution in [2.24, 2.45) is 0 Å². The number of hydrogen-bond donors (Lipinski definition) is 1. The minimum absolute atomic E-state index is 0.0492. The van der Waals surface area contributed by atoms with Gasteiger partial charge in [0.25, 0.3) is 0 Å². The van der Waals surface area contributed by atoms with Gasteiger partial charge in [-0.15, -0.1) is 0 Å². The summed E-state index contributed by atoms with van der Waals surface area (Å²) in [5.41, 5.74) is 0.0961. The molecule has 0 aliphatic heterocycles. The van der Waals surface area contributed by atoms with Crippen LogP contribution in [0.4, 0.5) is 5.69 Å². The van der Waals surface area contributed by atoms with E-state index in [1.807, 2.05) is 30.3 Å². The van der Waals surface area contributed by atoms with Crippen LogP contribution in [0.25, 0.3) is 0 Å². The fourth-order valence-electron chi connectivity index (χ4n) is 4.56. The molecule has 0 spiro atoms. The molecular weight excluding hydrogens is 312 g/mol. The van der Waals surface area contributed by atoms with Crippen LogP contribution in [0.2, 0.25) is 0 Å². The van der Waals surface area contributed by atoms with Crippen molar-refractivity contribution in [2.75, 3.05) is 4.90 Å². The topological polar surface area (TPSA) is 49.4 Å². The van der Waals surface area contributed by atoms with Crippen LogP contribution in [0.1, 0.15) is 71.1 Å². The maximum Gasteiger partial charge on any atom is 0.246 e. The lowest BCUT2D eigenvalue weighted by molar-refractivity contribution is -0.132. The highest BCUT2D eigenvalue weighted by Gasteiger charge is 2.47. The Morgan fingerprint density at radius 3 is 2.16 bits per heavy atom. The second kappa shape index (κ2) is 8.03. The summed E-state index contributed by atoms with van der Waals surface area (Å²) in [6, 6.07) is 9.95. The molecule has 2 aliphatic carbocycles.